The SMILES string of the molecule is COc1ccc(C(N)Cc2nc3ccccc3n2C)cc1. The number of imidazole rings is 1. The number of ether oxygens (including phenoxy) is 1. The van der Waals surface area contributed by atoms with Crippen molar-refractivity contribution in [3.63, 3.8) is 0 Å². The standard InChI is InChI=1S/C17H19N3O/c1-20-16-6-4-3-5-15(16)19-17(20)11-14(18)12-7-9-13(21-2)10-8-12/h3-10,14H,11,18H2,1-2H3. The Morgan fingerprint density at radius 2 is 1.86 bits per heavy atom. The minimum atomic E-state index is -0.0774. The molecule has 4 nitrogen and oxygen atoms in total. The number of hydrogen-bond donors (Lipinski definition) is 1. The number of rotatable bonds is 4. The van der Waals surface area contributed by atoms with Crippen LogP contribution in [0.3, 0.4) is 0 Å². The highest BCUT2D eigenvalue weighted by Gasteiger charge is 2.13. The van der Waals surface area contributed by atoms with Gasteiger partial charge in [0, 0.05) is 19.5 Å². The average molecular weight is 281 g/mol. The molecule has 0 aliphatic rings. The largest absolute Gasteiger partial charge is 0.497 e. The number of nitrogens with zero attached hydrogens (tertiary/aromatic N) is 2. The van der Waals surface area contributed by atoms with Crippen LogP contribution >= 0.6 is 0 Å². The molecule has 3 aromatic rings. The molecule has 0 saturated carbocycles. The Morgan fingerprint density at radius 1 is 1.14 bits per heavy atom. The molecule has 0 saturated heterocycles. The monoisotopic (exact) mass is 281 g/mol. The van der Waals surface area contributed by atoms with Gasteiger partial charge in [-0.3, -0.25) is 0 Å². The average Bonchev–Trinajstić information content (AvgIpc) is 2.84. The molecule has 1 unspecified atom stereocenters. The van der Waals surface area contributed by atoms with Gasteiger partial charge in [-0.15, -0.1) is 0 Å². The van der Waals surface area contributed by atoms with Crippen LogP contribution in [0.25, 0.3) is 11.0 Å². The van der Waals surface area contributed by atoms with Gasteiger partial charge in [0.2, 0.25) is 0 Å². The number of nitrogens with two attached hydrogens (primary N) is 1. The molecule has 2 aromatic carbocycles. The molecule has 0 aliphatic carbocycles. The maximum atomic E-state index is 6.32. The Hall–Kier alpha value is -2.33. The fourth-order valence-corrected chi connectivity index (χ4v) is 2.54. The van der Waals surface area contributed by atoms with Gasteiger partial charge in [-0.25, -0.2) is 4.98 Å². The van der Waals surface area contributed by atoms with Crippen LogP contribution in [-0.4, -0.2) is 16.7 Å². The third-order valence-corrected chi connectivity index (χ3v) is 3.83. The molecule has 3 rings (SSSR count). The van der Waals surface area contributed by atoms with Crippen LogP contribution in [0.5, 0.6) is 5.75 Å². The lowest BCUT2D eigenvalue weighted by Gasteiger charge is -2.12. The Morgan fingerprint density at radius 3 is 2.52 bits per heavy atom. The molecule has 108 valence electrons. The highest BCUT2D eigenvalue weighted by molar-refractivity contribution is 5.75. The van der Waals surface area contributed by atoms with Gasteiger partial charge in [0.1, 0.15) is 11.6 Å². The molecule has 4 heteroatoms. The topological polar surface area (TPSA) is 53.1 Å². The van der Waals surface area contributed by atoms with Crippen molar-refractivity contribution in [2.75, 3.05) is 7.11 Å². The summed E-state index contributed by atoms with van der Waals surface area (Å²) < 4.78 is 7.28. The number of methoxy groups -OCH3 is 1. The molecule has 1 heterocycles. The predicted octanol–water partition coefficient (Wildman–Crippen LogP) is 2.82. The highest BCUT2D eigenvalue weighted by Crippen LogP contribution is 2.21. The number of para-hydroxylation sites is 2. The van der Waals surface area contributed by atoms with E-state index in [1.165, 1.54) is 0 Å². The van der Waals surface area contributed by atoms with Crippen LogP contribution in [0.4, 0.5) is 0 Å². The first kappa shape index (κ1) is 13.6. The zero-order chi connectivity index (χ0) is 14.8. The Bertz CT molecular complexity index is 746. The van der Waals surface area contributed by atoms with E-state index in [9.17, 15) is 0 Å². The first-order valence-electron chi connectivity index (χ1n) is 6.99. The Labute approximate surface area is 124 Å². The van der Waals surface area contributed by atoms with Crippen molar-refractivity contribution in [2.24, 2.45) is 12.8 Å². The molecule has 1 aromatic heterocycles. The summed E-state index contributed by atoms with van der Waals surface area (Å²) in [7, 11) is 3.69. The van der Waals surface area contributed by atoms with Crippen molar-refractivity contribution in [1.82, 2.24) is 9.55 Å². The van der Waals surface area contributed by atoms with Crippen LogP contribution in [-0.2, 0) is 13.5 Å². The number of benzene rings is 2. The Kier molecular flexibility index (Phi) is 3.62. The zero-order valence-electron chi connectivity index (χ0n) is 12.3. The first-order chi connectivity index (χ1) is 10.2. The quantitative estimate of drug-likeness (QED) is 0.800. The fourth-order valence-electron chi connectivity index (χ4n) is 2.54. The fraction of sp³-hybridized carbons (Fsp3) is 0.235. The second-order valence-corrected chi connectivity index (χ2v) is 5.16. The van der Waals surface area contributed by atoms with E-state index in [2.05, 4.69) is 15.6 Å². The van der Waals surface area contributed by atoms with Crippen LogP contribution in [0.15, 0.2) is 48.5 Å². The third kappa shape index (κ3) is 2.62. The lowest BCUT2D eigenvalue weighted by Crippen LogP contribution is -2.15. The van der Waals surface area contributed by atoms with Gasteiger partial charge in [-0.2, -0.15) is 0 Å². The van der Waals surface area contributed by atoms with E-state index in [1.54, 1.807) is 7.11 Å². The van der Waals surface area contributed by atoms with Gasteiger partial charge in [0.25, 0.3) is 0 Å². The number of fused-ring (bicyclic) bond motifs is 1. The second kappa shape index (κ2) is 5.58. The minimum absolute atomic E-state index is 0.0774. The molecular weight excluding hydrogens is 262 g/mol. The van der Waals surface area contributed by atoms with Crippen LogP contribution in [0, 0.1) is 0 Å². The zero-order valence-corrected chi connectivity index (χ0v) is 12.3. The number of aromatic nitrogens is 2. The second-order valence-electron chi connectivity index (χ2n) is 5.16. The summed E-state index contributed by atoms with van der Waals surface area (Å²) in [5.41, 5.74) is 9.55. The maximum Gasteiger partial charge on any atom is 0.118 e. The lowest BCUT2D eigenvalue weighted by atomic mass is 10.0. The summed E-state index contributed by atoms with van der Waals surface area (Å²) in [4.78, 5) is 4.67. The van der Waals surface area contributed by atoms with E-state index in [0.717, 1.165) is 28.2 Å². The van der Waals surface area contributed by atoms with Crippen molar-refractivity contribution in [1.29, 1.82) is 0 Å². The maximum absolute atomic E-state index is 6.32. The van der Waals surface area contributed by atoms with E-state index in [4.69, 9.17) is 10.5 Å². The van der Waals surface area contributed by atoms with Gasteiger partial charge in [-0.1, -0.05) is 24.3 Å². The van der Waals surface area contributed by atoms with Crippen molar-refractivity contribution in [3.8, 4) is 5.75 Å². The van der Waals surface area contributed by atoms with Crippen LogP contribution in [0.2, 0.25) is 0 Å². The normalized spacial score (nSPS) is 12.5. The number of aryl methyl sites for hydroxylation is 1. The van der Waals surface area contributed by atoms with Gasteiger partial charge >= 0.3 is 0 Å². The van der Waals surface area contributed by atoms with Gasteiger partial charge < -0.3 is 15.0 Å². The van der Waals surface area contributed by atoms with E-state index in [-0.39, 0.29) is 6.04 Å². The summed E-state index contributed by atoms with van der Waals surface area (Å²) >= 11 is 0. The molecule has 0 fully saturated rings. The summed E-state index contributed by atoms with van der Waals surface area (Å²) in [6, 6.07) is 15.9. The molecule has 0 aliphatic heterocycles. The summed E-state index contributed by atoms with van der Waals surface area (Å²) in [5.74, 6) is 1.84. The highest BCUT2D eigenvalue weighted by atomic mass is 16.5. The lowest BCUT2D eigenvalue weighted by molar-refractivity contribution is 0.414. The van der Waals surface area contributed by atoms with Gasteiger partial charge in [-0.05, 0) is 29.8 Å². The molecule has 0 spiro atoms. The summed E-state index contributed by atoms with van der Waals surface area (Å²) in [6.07, 6.45) is 0.706. The van der Waals surface area contributed by atoms with E-state index in [1.807, 2.05) is 49.5 Å². The molecular formula is C17H19N3O. The summed E-state index contributed by atoms with van der Waals surface area (Å²) in [5, 5.41) is 0. The van der Waals surface area contributed by atoms with Crippen LogP contribution < -0.4 is 10.5 Å². The minimum Gasteiger partial charge on any atom is -0.497 e. The first-order valence-corrected chi connectivity index (χ1v) is 6.99. The third-order valence-electron chi connectivity index (χ3n) is 3.83. The van der Waals surface area contributed by atoms with Gasteiger partial charge in [0.15, 0.2) is 0 Å². The van der Waals surface area contributed by atoms with Crippen molar-refractivity contribution < 1.29 is 4.74 Å². The van der Waals surface area contributed by atoms with Crippen molar-refractivity contribution in [3.05, 3.63) is 59.9 Å². The molecule has 21 heavy (non-hydrogen) atoms. The van der Waals surface area contributed by atoms with Crippen LogP contribution in [0.1, 0.15) is 17.4 Å². The van der Waals surface area contributed by atoms with Crippen molar-refractivity contribution in [2.45, 2.75) is 12.5 Å². The van der Waals surface area contributed by atoms with E-state index < -0.39 is 0 Å². The molecule has 2 N–H and O–H groups in total. The molecule has 1 atom stereocenters. The van der Waals surface area contributed by atoms with Gasteiger partial charge in [0.05, 0.1) is 18.1 Å². The Balaban J connectivity index is 1.85. The van der Waals surface area contributed by atoms with E-state index >= 15 is 0 Å². The predicted molar refractivity (Wildman–Crippen MR) is 84.3 cm³/mol. The smallest absolute Gasteiger partial charge is 0.118 e. The molecule has 0 radical (unpaired) electrons. The molecule has 0 bridgehead atoms. The number of hydrogen-bond acceptors (Lipinski definition) is 3. The molecule has 0 amide bonds. The van der Waals surface area contributed by atoms with Crippen molar-refractivity contribution >= 4 is 11.0 Å². The summed E-state index contributed by atoms with van der Waals surface area (Å²) in [6.45, 7) is 0. The van der Waals surface area contributed by atoms with E-state index in [0.29, 0.717) is 6.42 Å².